The lowest BCUT2D eigenvalue weighted by Crippen LogP contribution is -2.35. The summed E-state index contributed by atoms with van der Waals surface area (Å²) in [5.41, 5.74) is 3.83. The van der Waals surface area contributed by atoms with Gasteiger partial charge in [0.1, 0.15) is 5.75 Å². The van der Waals surface area contributed by atoms with Crippen molar-refractivity contribution in [1.82, 2.24) is 4.90 Å². The number of amides is 1. The summed E-state index contributed by atoms with van der Waals surface area (Å²) < 4.78 is 0. The van der Waals surface area contributed by atoms with E-state index in [0.29, 0.717) is 11.7 Å². The third kappa shape index (κ3) is 3.21. The SMILES string of the molecule is O=C(c1cccc2c1NC(c1ccccc1O)C1CC=CC21)N1CCCCCC1. The number of fused-ring (bicyclic) bond motifs is 3. The van der Waals surface area contributed by atoms with Crippen LogP contribution in [0.1, 0.15) is 65.5 Å². The number of anilines is 1. The molecule has 1 fully saturated rings. The molecule has 3 aliphatic rings. The van der Waals surface area contributed by atoms with Gasteiger partial charge < -0.3 is 15.3 Å². The standard InChI is InChI=1S/C25H28N2O2/c28-22-14-4-3-9-20(22)23-18-11-7-10-17(18)19-12-8-13-21(24(19)26-23)25(29)27-15-5-1-2-6-16-27/h3-4,7-10,12-14,17-18,23,26,28H,1-2,5-6,11,15-16H2. The summed E-state index contributed by atoms with van der Waals surface area (Å²) in [6.07, 6.45) is 10.1. The molecule has 1 aliphatic carbocycles. The second-order valence-corrected chi connectivity index (χ2v) is 8.51. The lowest BCUT2D eigenvalue weighted by Gasteiger charge is -2.39. The summed E-state index contributed by atoms with van der Waals surface area (Å²) >= 11 is 0. The second kappa shape index (κ2) is 7.58. The van der Waals surface area contributed by atoms with E-state index in [1.54, 1.807) is 6.07 Å². The number of para-hydroxylation sites is 2. The van der Waals surface area contributed by atoms with Crippen LogP contribution in [-0.4, -0.2) is 29.0 Å². The number of hydrogen-bond acceptors (Lipinski definition) is 3. The molecule has 0 saturated carbocycles. The number of nitrogens with one attached hydrogen (secondary N) is 1. The average Bonchev–Trinajstić information content (AvgIpc) is 3.08. The van der Waals surface area contributed by atoms with Gasteiger partial charge >= 0.3 is 0 Å². The van der Waals surface area contributed by atoms with Crippen molar-refractivity contribution in [3.63, 3.8) is 0 Å². The molecular formula is C25H28N2O2. The highest BCUT2D eigenvalue weighted by Gasteiger charge is 2.40. The zero-order chi connectivity index (χ0) is 19.8. The highest BCUT2D eigenvalue weighted by atomic mass is 16.3. The first-order valence-corrected chi connectivity index (χ1v) is 10.9. The Morgan fingerprint density at radius 3 is 2.52 bits per heavy atom. The molecule has 29 heavy (non-hydrogen) atoms. The van der Waals surface area contributed by atoms with E-state index in [1.165, 1.54) is 18.4 Å². The monoisotopic (exact) mass is 388 g/mol. The maximum absolute atomic E-state index is 13.4. The molecule has 2 N–H and O–H groups in total. The van der Waals surface area contributed by atoms with Crippen molar-refractivity contribution in [2.45, 2.75) is 44.1 Å². The zero-order valence-corrected chi connectivity index (χ0v) is 16.7. The third-order valence-electron chi connectivity index (χ3n) is 6.79. The molecule has 2 aromatic rings. The number of benzene rings is 2. The molecule has 4 heteroatoms. The molecule has 4 nitrogen and oxygen atoms in total. The van der Waals surface area contributed by atoms with E-state index in [-0.39, 0.29) is 17.9 Å². The van der Waals surface area contributed by atoms with Crippen LogP contribution in [0.3, 0.4) is 0 Å². The molecule has 3 unspecified atom stereocenters. The summed E-state index contributed by atoms with van der Waals surface area (Å²) in [6, 6.07) is 13.7. The van der Waals surface area contributed by atoms with Gasteiger partial charge in [-0.15, -0.1) is 0 Å². The molecule has 3 atom stereocenters. The second-order valence-electron chi connectivity index (χ2n) is 8.51. The first kappa shape index (κ1) is 18.3. The topological polar surface area (TPSA) is 52.6 Å². The number of likely N-dealkylation sites (tertiary alicyclic amines) is 1. The van der Waals surface area contributed by atoms with Gasteiger partial charge in [-0.1, -0.05) is 55.3 Å². The van der Waals surface area contributed by atoms with Gasteiger partial charge in [0.05, 0.1) is 17.3 Å². The van der Waals surface area contributed by atoms with Gasteiger partial charge in [-0.2, -0.15) is 0 Å². The minimum Gasteiger partial charge on any atom is -0.508 e. The van der Waals surface area contributed by atoms with E-state index >= 15 is 0 Å². The molecule has 0 aromatic heterocycles. The van der Waals surface area contributed by atoms with Gasteiger partial charge in [-0.05, 0) is 42.9 Å². The number of nitrogens with zero attached hydrogens (tertiary/aromatic N) is 1. The quantitative estimate of drug-likeness (QED) is 0.692. The smallest absolute Gasteiger partial charge is 0.255 e. The third-order valence-corrected chi connectivity index (χ3v) is 6.79. The van der Waals surface area contributed by atoms with Crippen LogP contribution in [0, 0.1) is 5.92 Å². The van der Waals surface area contributed by atoms with E-state index in [9.17, 15) is 9.90 Å². The molecule has 5 rings (SSSR count). The molecule has 2 aliphatic heterocycles. The summed E-state index contributed by atoms with van der Waals surface area (Å²) in [5.74, 6) is 1.07. The molecular weight excluding hydrogens is 360 g/mol. The van der Waals surface area contributed by atoms with Crippen LogP contribution in [0.2, 0.25) is 0 Å². The van der Waals surface area contributed by atoms with Crippen molar-refractivity contribution in [2.75, 3.05) is 18.4 Å². The molecule has 2 aromatic carbocycles. The summed E-state index contributed by atoms with van der Waals surface area (Å²) in [6.45, 7) is 1.69. The van der Waals surface area contributed by atoms with Crippen LogP contribution < -0.4 is 5.32 Å². The number of carbonyl (C=O) groups is 1. The lowest BCUT2D eigenvalue weighted by molar-refractivity contribution is 0.0762. The van der Waals surface area contributed by atoms with E-state index in [2.05, 4.69) is 23.5 Å². The van der Waals surface area contributed by atoms with Crippen molar-refractivity contribution in [1.29, 1.82) is 0 Å². The average molecular weight is 389 g/mol. The number of carbonyl (C=O) groups excluding carboxylic acids is 1. The maximum Gasteiger partial charge on any atom is 0.255 e. The van der Waals surface area contributed by atoms with Gasteiger partial charge in [0, 0.05) is 24.6 Å². The molecule has 2 heterocycles. The van der Waals surface area contributed by atoms with Gasteiger partial charge in [-0.25, -0.2) is 0 Å². The lowest BCUT2D eigenvalue weighted by atomic mass is 9.76. The van der Waals surface area contributed by atoms with Gasteiger partial charge in [0.25, 0.3) is 5.91 Å². The molecule has 0 spiro atoms. The Kier molecular flexibility index (Phi) is 4.78. The first-order valence-electron chi connectivity index (χ1n) is 10.9. The fraction of sp³-hybridized carbons (Fsp3) is 0.400. The van der Waals surface area contributed by atoms with Crippen LogP contribution in [0.5, 0.6) is 5.75 Å². The maximum atomic E-state index is 13.4. The number of aromatic hydroxyl groups is 1. The highest BCUT2D eigenvalue weighted by molar-refractivity contribution is 6.01. The predicted molar refractivity (Wildman–Crippen MR) is 115 cm³/mol. The summed E-state index contributed by atoms with van der Waals surface area (Å²) in [5, 5.41) is 14.2. The van der Waals surface area contributed by atoms with Crippen LogP contribution in [0.15, 0.2) is 54.6 Å². The minimum absolute atomic E-state index is 0.0122. The number of rotatable bonds is 2. The van der Waals surface area contributed by atoms with Crippen LogP contribution in [0.25, 0.3) is 0 Å². The van der Waals surface area contributed by atoms with Crippen molar-refractivity contribution >= 4 is 11.6 Å². The van der Waals surface area contributed by atoms with Gasteiger partial charge in [-0.3, -0.25) is 4.79 Å². The molecule has 0 bridgehead atoms. The Morgan fingerprint density at radius 2 is 1.72 bits per heavy atom. The molecule has 1 saturated heterocycles. The Morgan fingerprint density at radius 1 is 0.966 bits per heavy atom. The number of allylic oxidation sites excluding steroid dienone is 2. The molecule has 150 valence electrons. The number of phenolic OH excluding ortho intramolecular Hbond substituents is 1. The molecule has 1 amide bonds. The van der Waals surface area contributed by atoms with E-state index in [4.69, 9.17) is 0 Å². The van der Waals surface area contributed by atoms with E-state index in [0.717, 1.165) is 49.2 Å². The summed E-state index contributed by atoms with van der Waals surface area (Å²) in [4.78, 5) is 15.5. The highest BCUT2D eigenvalue weighted by Crippen LogP contribution is 2.51. The fourth-order valence-corrected chi connectivity index (χ4v) is 5.30. The predicted octanol–water partition coefficient (Wildman–Crippen LogP) is 5.23. The normalized spacial score (nSPS) is 25.7. The molecule has 0 radical (unpaired) electrons. The van der Waals surface area contributed by atoms with Gasteiger partial charge in [0.2, 0.25) is 0 Å². The van der Waals surface area contributed by atoms with E-state index in [1.807, 2.05) is 35.2 Å². The van der Waals surface area contributed by atoms with Crippen molar-refractivity contribution < 1.29 is 9.90 Å². The van der Waals surface area contributed by atoms with Crippen molar-refractivity contribution in [2.24, 2.45) is 5.92 Å². The zero-order valence-electron chi connectivity index (χ0n) is 16.7. The van der Waals surface area contributed by atoms with Crippen LogP contribution in [-0.2, 0) is 0 Å². The Hall–Kier alpha value is -2.75. The van der Waals surface area contributed by atoms with Crippen LogP contribution in [0.4, 0.5) is 5.69 Å². The van der Waals surface area contributed by atoms with Crippen LogP contribution >= 0.6 is 0 Å². The van der Waals surface area contributed by atoms with Gasteiger partial charge in [0.15, 0.2) is 0 Å². The van der Waals surface area contributed by atoms with E-state index < -0.39 is 0 Å². The van der Waals surface area contributed by atoms with Crippen molar-refractivity contribution in [3.05, 3.63) is 71.3 Å². The Bertz CT molecular complexity index is 944. The fourth-order valence-electron chi connectivity index (χ4n) is 5.30. The largest absolute Gasteiger partial charge is 0.508 e. The first-order chi connectivity index (χ1) is 14.2. The summed E-state index contributed by atoms with van der Waals surface area (Å²) in [7, 11) is 0. The minimum atomic E-state index is -0.0122. The number of hydrogen-bond donors (Lipinski definition) is 2. The number of phenols is 1. The Labute approximate surface area is 172 Å². The Balaban J connectivity index is 1.56. The van der Waals surface area contributed by atoms with Crippen molar-refractivity contribution in [3.8, 4) is 5.75 Å².